The quantitative estimate of drug-likeness (QED) is 0.540. The maximum absolute atomic E-state index is 10.8. The van der Waals surface area contributed by atoms with Gasteiger partial charge < -0.3 is 10.2 Å². The van der Waals surface area contributed by atoms with E-state index in [0.717, 1.165) is 22.3 Å². The number of aryl methyl sites for hydroxylation is 2. The van der Waals surface area contributed by atoms with Gasteiger partial charge in [0.2, 0.25) is 0 Å². The predicted octanol–water partition coefficient (Wildman–Crippen LogP) is 7.96. The van der Waals surface area contributed by atoms with Gasteiger partial charge in [-0.25, -0.2) is 0 Å². The summed E-state index contributed by atoms with van der Waals surface area (Å²) in [6, 6.07) is 8.86. The zero-order valence-corrected chi connectivity index (χ0v) is 19.0. The van der Waals surface area contributed by atoms with Crippen LogP contribution in [0.25, 0.3) is 0 Å². The van der Waals surface area contributed by atoms with Crippen molar-refractivity contribution in [2.45, 2.75) is 103 Å². The molecule has 4 rings (SSSR count). The lowest BCUT2D eigenvalue weighted by Gasteiger charge is -2.27. The number of phenols is 2. The van der Waals surface area contributed by atoms with Crippen LogP contribution in [-0.4, -0.2) is 10.2 Å². The maximum Gasteiger partial charge on any atom is 0.121 e. The number of aromatic hydroxyl groups is 2. The van der Waals surface area contributed by atoms with E-state index in [1.807, 2.05) is 13.8 Å². The van der Waals surface area contributed by atoms with Crippen molar-refractivity contribution in [3.05, 3.63) is 57.6 Å². The van der Waals surface area contributed by atoms with Crippen molar-refractivity contribution in [1.82, 2.24) is 0 Å². The molecule has 2 aromatic carbocycles. The highest BCUT2D eigenvalue weighted by Crippen LogP contribution is 2.43. The van der Waals surface area contributed by atoms with Gasteiger partial charge in [-0.3, -0.25) is 0 Å². The number of hydrogen-bond acceptors (Lipinski definition) is 2. The standard InChI is InChI=1S/C28H38O2/c1-18-14-23(16-25(27(18)29)21-10-6-4-7-11-21)20(3)24-15-19(2)28(30)26(17-24)22-12-8-5-9-13-22/h14-17,20-22,29-30H,4-13H2,1-3H3. The number of rotatable bonds is 4. The lowest BCUT2D eigenvalue weighted by molar-refractivity contribution is 0.411. The van der Waals surface area contributed by atoms with Crippen molar-refractivity contribution in [2.75, 3.05) is 0 Å². The third kappa shape index (κ3) is 4.24. The van der Waals surface area contributed by atoms with Gasteiger partial charge in [-0.05, 0) is 84.7 Å². The highest BCUT2D eigenvalue weighted by atomic mass is 16.3. The topological polar surface area (TPSA) is 40.5 Å². The first-order chi connectivity index (χ1) is 14.5. The highest BCUT2D eigenvalue weighted by molar-refractivity contribution is 5.51. The molecule has 2 aliphatic rings. The van der Waals surface area contributed by atoms with E-state index in [4.69, 9.17) is 0 Å². The molecule has 0 bridgehead atoms. The van der Waals surface area contributed by atoms with Crippen molar-refractivity contribution in [1.29, 1.82) is 0 Å². The average molecular weight is 407 g/mol. The SMILES string of the molecule is Cc1cc(C(C)c2cc(C)c(O)c(C3CCCCC3)c2)cc(C2CCCCC2)c1O. The molecule has 0 aromatic heterocycles. The molecule has 0 unspecified atom stereocenters. The lowest BCUT2D eigenvalue weighted by Crippen LogP contribution is -2.09. The van der Waals surface area contributed by atoms with Gasteiger partial charge in [0.1, 0.15) is 11.5 Å². The van der Waals surface area contributed by atoms with E-state index in [-0.39, 0.29) is 5.92 Å². The van der Waals surface area contributed by atoms with Crippen LogP contribution in [0.4, 0.5) is 0 Å². The molecule has 162 valence electrons. The molecule has 2 aromatic rings. The second kappa shape index (κ2) is 9.04. The number of hydrogen-bond donors (Lipinski definition) is 2. The van der Waals surface area contributed by atoms with Gasteiger partial charge in [0, 0.05) is 5.92 Å². The van der Waals surface area contributed by atoms with Crippen LogP contribution in [0.5, 0.6) is 11.5 Å². The molecule has 0 spiro atoms. The minimum Gasteiger partial charge on any atom is -0.507 e. The van der Waals surface area contributed by atoms with Crippen molar-refractivity contribution in [3.63, 3.8) is 0 Å². The summed E-state index contributed by atoms with van der Waals surface area (Å²) in [5, 5.41) is 21.6. The smallest absolute Gasteiger partial charge is 0.121 e. The van der Waals surface area contributed by atoms with Crippen molar-refractivity contribution < 1.29 is 10.2 Å². The van der Waals surface area contributed by atoms with Crippen molar-refractivity contribution in [3.8, 4) is 11.5 Å². The van der Waals surface area contributed by atoms with Crippen molar-refractivity contribution >= 4 is 0 Å². The average Bonchev–Trinajstić information content (AvgIpc) is 2.78. The summed E-state index contributed by atoms with van der Waals surface area (Å²) in [4.78, 5) is 0. The molecule has 0 amide bonds. The van der Waals surface area contributed by atoms with Crippen LogP contribution < -0.4 is 0 Å². The Labute approximate surface area is 182 Å². The monoisotopic (exact) mass is 406 g/mol. The molecule has 2 aliphatic carbocycles. The fourth-order valence-corrected chi connectivity index (χ4v) is 5.81. The van der Waals surface area contributed by atoms with Gasteiger partial charge in [-0.1, -0.05) is 69.7 Å². The van der Waals surface area contributed by atoms with Crippen LogP contribution in [0.3, 0.4) is 0 Å². The molecule has 0 radical (unpaired) electrons. The second-order valence-corrected chi connectivity index (χ2v) is 9.94. The summed E-state index contributed by atoms with van der Waals surface area (Å²) in [5.74, 6) is 2.23. The summed E-state index contributed by atoms with van der Waals surface area (Å²) in [6.07, 6.45) is 12.5. The molecule has 0 atom stereocenters. The van der Waals surface area contributed by atoms with Crippen LogP contribution in [0.15, 0.2) is 24.3 Å². The first kappa shape index (κ1) is 21.3. The third-order valence-corrected chi connectivity index (χ3v) is 7.79. The Hall–Kier alpha value is -1.96. The van der Waals surface area contributed by atoms with Gasteiger partial charge in [-0.2, -0.15) is 0 Å². The van der Waals surface area contributed by atoms with Gasteiger partial charge in [0.05, 0.1) is 0 Å². The van der Waals surface area contributed by atoms with Gasteiger partial charge >= 0.3 is 0 Å². The molecule has 0 aliphatic heterocycles. The van der Waals surface area contributed by atoms with E-state index in [9.17, 15) is 10.2 Å². The molecule has 2 nitrogen and oxygen atoms in total. The molecule has 2 fully saturated rings. The minimum atomic E-state index is 0.244. The summed E-state index contributed by atoms with van der Waals surface area (Å²) >= 11 is 0. The van der Waals surface area contributed by atoms with Gasteiger partial charge in [0.15, 0.2) is 0 Å². The summed E-state index contributed by atoms with van der Waals surface area (Å²) in [6.45, 7) is 6.34. The molecular weight excluding hydrogens is 368 g/mol. The Morgan fingerprint density at radius 1 is 0.633 bits per heavy atom. The van der Waals surface area contributed by atoms with Gasteiger partial charge in [0.25, 0.3) is 0 Å². The van der Waals surface area contributed by atoms with Crippen LogP contribution >= 0.6 is 0 Å². The lowest BCUT2D eigenvalue weighted by atomic mass is 9.79. The summed E-state index contributed by atoms with van der Waals surface area (Å²) < 4.78 is 0. The fraction of sp³-hybridized carbons (Fsp3) is 0.571. The first-order valence-electron chi connectivity index (χ1n) is 12.1. The molecule has 0 heterocycles. The van der Waals surface area contributed by atoms with Crippen LogP contribution in [0.1, 0.15) is 122 Å². The highest BCUT2D eigenvalue weighted by Gasteiger charge is 2.24. The van der Waals surface area contributed by atoms with Gasteiger partial charge in [-0.15, -0.1) is 0 Å². The van der Waals surface area contributed by atoms with E-state index in [1.54, 1.807) is 0 Å². The van der Waals surface area contributed by atoms with E-state index >= 15 is 0 Å². The van der Waals surface area contributed by atoms with E-state index in [0.29, 0.717) is 23.3 Å². The zero-order valence-electron chi connectivity index (χ0n) is 19.0. The number of benzene rings is 2. The Bertz CT molecular complexity index is 812. The fourth-order valence-electron chi connectivity index (χ4n) is 5.81. The van der Waals surface area contributed by atoms with Crippen LogP contribution in [0, 0.1) is 13.8 Å². The van der Waals surface area contributed by atoms with Crippen molar-refractivity contribution in [2.24, 2.45) is 0 Å². The largest absolute Gasteiger partial charge is 0.507 e. The van der Waals surface area contributed by atoms with Crippen LogP contribution in [0.2, 0.25) is 0 Å². The normalized spacial score (nSPS) is 18.8. The minimum absolute atomic E-state index is 0.244. The van der Waals surface area contributed by atoms with E-state index < -0.39 is 0 Å². The molecule has 2 N–H and O–H groups in total. The molecule has 0 saturated heterocycles. The summed E-state index contributed by atoms with van der Waals surface area (Å²) in [5.41, 5.74) is 6.85. The summed E-state index contributed by atoms with van der Waals surface area (Å²) in [7, 11) is 0. The van der Waals surface area contributed by atoms with Crippen LogP contribution in [-0.2, 0) is 0 Å². The number of phenolic OH excluding ortho intramolecular Hbond substituents is 2. The molecule has 2 heteroatoms. The molecular formula is C28H38O2. The molecule has 30 heavy (non-hydrogen) atoms. The predicted molar refractivity (Wildman–Crippen MR) is 125 cm³/mol. The zero-order chi connectivity index (χ0) is 21.3. The Morgan fingerprint density at radius 3 is 1.37 bits per heavy atom. The van der Waals surface area contributed by atoms with E-state index in [2.05, 4.69) is 31.2 Å². The second-order valence-electron chi connectivity index (χ2n) is 9.94. The first-order valence-corrected chi connectivity index (χ1v) is 12.1. The third-order valence-electron chi connectivity index (χ3n) is 7.79. The van der Waals surface area contributed by atoms with E-state index in [1.165, 1.54) is 75.3 Å². The molecule has 2 saturated carbocycles. The Morgan fingerprint density at radius 2 is 1.00 bits per heavy atom. The Balaban J connectivity index is 1.69. The Kier molecular flexibility index (Phi) is 6.41. The maximum atomic E-state index is 10.8.